The molecule has 15 heavy (non-hydrogen) atoms. The first-order chi connectivity index (χ1) is 6.90. The van der Waals surface area contributed by atoms with Crippen LogP contribution < -0.4 is 0 Å². The number of ketones is 1. The highest BCUT2D eigenvalue weighted by Gasteiger charge is 2.28. The van der Waals surface area contributed by atoms with Crippen LogP contribution in [0.4, 0.5) is 0 Å². The molecule has 0 atom stereocenters. The molecule has 0 aliphatic carbocycles. The van der Waals surface area contributed by atoms with Crippen molar-refractivity contribution in [2.24, 2.45) is 5.41 Å². The summed E-state index contributed by atoms with van der Waals surface area (Å²) in [6.45, 7) is 7.75. The Labute approximate surface area is 96.5 Å². The van der Waals surface area contributed by atoms with E-state index in [1.54, 1.807) is 0 Å². The van der Waals surface area contributed by atoms with Gasteiger partial charge >= 0.3 is 0 Å². The number of aryl methyl sites for hydroxylation is 1. The molecule has 82 valence electrons. The van der Waals surface area contributed by atoms with Crippen LogP contribution >= 0.6 is 11.6 Å². The van der Waals surface area contributed by atoms with Crippen LogP contribution in [-0.4, -0.2) is 11.7 Å². The van der Waals surface area contributed by atoms with Crippen LogP contribution in [-0.2, 0) is 0 Å². The minimum Gasteiger partial charge on any atom is -0.294 e. The van der Waals surface area contributed by atoms with E-state index >= 15 is 0 Å². The van der Waals surface area contributed by atoms with Crippen molar-refractivity contribution in [2.45, 2.75) is 27.7 Å². The van der Waals surface area contributed by atoms with Crippen molar-refractivity contribution in [2.75, 3.05) is 5.88 Å². The van der Waals surface area contributed by atoms with Crippen LogP contribution in [0.5, 0.6) is 0 Å². The van der Waals surface area contributed by atoms with E-state index in [1.165, 1.54) is 0 Å². The van der Waals surface area contributed by atoms with Gasteiger partial charge in [0, 0.05) is 16.9 Å². The van der Waals surface area contributed by atoms with Crippen LogP contribution in [0.25, 0.3) is 0 Å². The summed E-state index contributed by atoms with van der Waals surface area (Å²) in [6.07, 6.45) is 0. The summed E-state index contributed by atoms with van der Waals surface area (Å²) >= 11 is 5.81. The Morgan fingerprint density at radius 1 is 1.33 bits per heavy atom. The summed E-state index contributed by atoms with van der Waals surface area (Å²) in [5, 5.41) is 0. The van der Waals surface area contributed by atoms with Gasteiger partial charge in [-0.2, -0.15) is 0 Å². The zero-order chi connectivity index (χ0) is 11.6. The molecule has 0 N–H and O–H groups in total. The minimum absolute atomic E-state index is 0.124. The van der Waals surface area contributed by atoms with Gasteiger partial charge in [0.25, 0.3) is 0 Å². The molecule has 1 rings (SSSR count). The van der Waals surface area contributed by atoms with E-state index in [1.807, 2.05) is 45.9 Å². The quantitative estimate of drug-likeness (QED) is 0.565. The van der Waals surface area contributed by atoms with Gasteiger partial charge in [-0.25, -0.2) is 0 Å². The van der Waals surface area contributed by atoms with Crippen molar-refractivity contribution >= 4 is 17.4 Å². The standard InChI is InChI=1S/C13H17ClO/c1-9-6-5-7-11(10(9)2)12(15)13(3,4)8-14/h5-7H,8H2,1-4H3. The molecule has 0 unspecified atom stereocenters. The van der Waals surface area contributed by atoms with Crippen molar-refractivity contribution in [3.8, 4) is 0 Å². The molecule has 1 aromatic carbocycles. The number of halogens is 1. The van der Waals surface area contributed by atoms with E-state index in [-0.39, 0.29) is 5.78 Å². The number of benzene rings is 1. The van der Waals surface area contributed by atoms with Gasteiger partial charge in [0.15, 0.2) is 5.78 Å². The van der Waals surface area contributed by atoms with Crippen LogP contribution in [0.15, 0.2) is 18.2 Å². The summed E-state index contributed by atoms with van der Waals surface area (Å²) in [6, 6.07) is 5.80. The number of hydrogen-bond donors (Lipinski definition) is 0. The number of hydrogen-bond acceptors (Lipinski definition) is 1. The van der Waals surface area contributed by atoms with Crippen LogP contribution in [0.1, 0.15) is 35.3 Å². The van der Waals surface area contributed by atoms with Crippen molar-refractivity contribution in [1.82, 2.24) is 0 Å². The number of alkyl halides is 1. The highest BCUT2D eigenvalue weighted by molar-refractivity contribution is 6.21. The third-order valence-electron chi connectivity index (χ3n) is 2.80. The largest absolute Gasteiger partial charge is 0.294 e. The molecular formula is C13H17ClO. The maximum atomic E-state index is 12.2. The van der Waals surface area contributed by atoms with Gasteiger partial charge in [0.2, 0.25) is 0 Å². The van der Waals surface area contributed by atoms with E-state index in [9.17, 15) is 4.79 Å². The summed E-state index contributed by atoms with van der Waals surface area (Å²) in [7, 11) is 0. The molecule has 0 radical (unpaired) electrons. The van der Waals surface area contributed by atoms with Crippen LogP contribution in [0, 0.1) is 19.3 Å². The van der Waals surface area contributed by atoms with Gasteiger partial charge in [-0.15, -0.1) is 11.6 Å². The van der Waals surface area contributed by atoms with Gasteiger partial charge in [-0.1, -0.05) is 32.0 Å². The lowest BCUT2D eigenvalue weighted by Gasteiger charge is -2.21. The normalized spacial score (nSPS) is 11.5. The highest BCUT2D eigenvalue weighted by atomic mass is 35.5. The predicted octanol–water partition coefficient (Wildman–Crippen LogP) is 3.75. The second kappa shape index (κ2) is 4.36. The molecule has 0 bridgehead atoms. The van der Waals surface area contributed by atoms with Crippen LogP contribution in [0.3, 0.4) is 0 Å². The molecule has 0 saturated carbocycles. The monoisotopic (exact) mass is 224 g/mol. The maximum Gasteiger partial charge on any atom is 0.169 e. The summed E-state index contributed by atoms with van der Waals surface area (Å²) in [5.41, 5.74) is 2.51. The van der Waals surface area contributed by atoms with Gasteiger partial charge in [0.1, 0.15) is 0 Å². The Morgan fingerprint density at radius 3 is 2.47 bits per heavy atom. The predicted molar refractivity (Wildman–Crippen MR) is 64.7 cm³/mol. The minimum atomic E-state index is -0.486. The molecule has 0 heterocycles. The van der Waals surface area contributed by atoms with E-state index in [0.29, 0.717) is 5.88 Å². The zero-order valence-corrected chi connectivity index (χ0v) is 10.5. The first-order valence-corrected chi connectivity index (χ1v) is 5.60. The summed E-state index contributed by atoms with van der Waals surface area (Å²) in [4.78, 5) is 12.2. The first kappa shape index (κ1) is 12.3. The van der Waals surface area contributed by atoms with Crippen LogP contribution in [0.2, 0.25) is 0 Å². The van der Waals surface area contributed by atoms with Crippen molar-refractivity contribution in [3.63, 3.8) is 0 Å². The lowest BCUT2D eigenvalue weighted by Crippen LogP contribution is -2.26. The van der Waals surface area contributed by atoms with Crippen molar-refractivity contribution < 1.29 is 4.79 Å². The molecule has 0 amide bonds. The number of Topliss-reactive ketones (excluding diaryl/α,β-unsaturated/α-hetero) is 1. The van der Waals surface area contributed by atoms with E-state index in [0.717, 1.165) is 16.7 Å². The highest BCUT2D eigenvalue weighted by Crippen LogP contribution is 2.26. The molecule has 2 heteroatoms. The average molecular weight is 225 g/mol. The molecule has 0 aliphatic heterocycles. The number of rotatable bonds is 3. The molecule has 0 saturated heterocycles. The van der Waals surface area contributed by atoms with E-state index < -0.39 is 5.41 Å². The first-order valence-electron chi connectivity index (χ1n) is 5.07. The lowest BCUT2D eigenvalue weighted by atomic mass is 9.84. The zero-order valence-electron chi connectivity index (χ0n) is 9.73. The topological polar surface area (TPSA) is 17.1 Å². The number of carbonyl (C=O) groups excluding carboxylic acids is 1. The second-order valence-electron chi connectivity index (χ2n) is 4.59. The fourth-order valence-electron chi connectivity index (χ4n) is 1.42. The maximum absolute atomic E-state index is 12.2. The van der Waals surface area contributed by atoms with Crippen molar-refractivity contribution in [3.05, 3.63) is 34.9 Å². The smallest absolute Gasteiger partial charge is 0.169 e. The van der Waals surface area contributed by atoms with Gasteiger partial charge in [-0.3, -0.25) is 4.79 Å². The molecule has 0 aliphatic rings. The summed E-state index contributed by atoms with van der Waals surface area (Å²) < 4.78 is 0. The van der Waals surface area contributed by atoms with Crippen molar-refractivity contribution in [1.29, 1.82) is 0 Å². The van der Waals surface area contributed by atoms with E-state index in [2.05, 4.69) is 0 Å². The Hall–Kier alpha value is -0.820. The van der Waals surface area contributed by atoms with Gasteiger partial charge < -0.3 is 0 Å². The molecule has 0 spiro atoms. The Bertz CT molecular complexity index is 380. The molecule has 0 fully saturated rings. The molecule has 0 aromatic heterocycles. The Morgan fingerprint density at radius 2 is 1.93 bits per heavy atom. The second-order valence-corrected chi connectivity index (χ2v) is 4.86. The number of carbonyl (C=O) groups is 1. The molecular weight excluding hydrogens is 208 g/mol. The third kappa shape index (κ3) is 2.40. The fourth-order valence-corrected chi connectivity index (χ4v) is 1.54. The SMILES string of the molecule is Cc1cccc(C(=O)C(C)(C)CCl)c1C. The molecule has 1 nitrogen and oxygen atoms in total. The third-order valence-corrected chi connectivity index (χ3v) is 3.47. The lowest BCUT2D eigenvalue weighted by molar-refractivity contribution is 0.0861. The Balaban J connectivity index is 3.18. The summed E-state index contributed by atoms with van der Waals surface area (Å²) in [5.74, 6) is 0.470. The average Bonchev–Trinajstić information content (AvgIpc) is 2.21. The van der Waals surface area contributed by atoms with Gasteiger partial charge in [-0.05, 0) is 25.0 Å². The fraction of sp³-hybridized carbons (Fsp3) is 0.462. The van der Waals surface area contributed by atoms with E-state index in [4.69, 9.17) is 11.6 Å². The Kier molecular flexibility index (Phi) is 3.56. The van der Waals surface area contributed by atoms with Gasteiger partial charge in [0.05, 0.1) is 0 Å². The molecule has 1 aromatic rings.